The van der Waals surface area contributed by atoms with Crippen molar-refractivity contribution in [3.05, 3.63) is 89.6 Å². The standard InChI is InChI=1S/C29H29N5O4S/c1-19-7-12-25(20(2)15-19)27(35)18-38-23-10-8-21(9-11-23)26-17-31-29-33-22-5-3-6-24(16-22)39(36,37)32-14-4-13-30-28(26)34-29/h3,5-12,15-17,32H,4,13-14,18H2,1-2H3,(H2,30,31,33,34). The number of Topliss-reactive ketones (excluding diaryl/α,β-unsaturated/α-hetero) is 1. The molecule has 0 amide bonds. The average Bonchev–Trinajstić information content (AvgIpc) is 2.92. The number of hydrogen-bond donors (Lipinski definition) is 3. The quantitative estimate of drug-likeness (QED) is 0.305. The Bertz CT molecular complexity index is 1620. The molecule has 4 bridgehead atoms. The molecule has 0 saturated carbocycles. The number of sulfonamides is 1. The second kappa shape index (κ2) is 11.2. The van der Waals surface area contributed by atoms with Crippen LogP contribution in [0.25, 0.3) is 11.1 Å². The Morgan fingerprint density at radius 3 is 2.62 bits per heavy atom. The number of nitrogens with one attached hydrogen (secondary N) is 3. The summed E-state index contributed by atoms with van der Waals surface area (Å²) in [4.78, 5) is 21.9. The van der Waals surface area contributed by atoms with E-state index in [-0.39, 0.29) is 23.8 Å². The number of ether oxygens (including phenoxy) is 1. The number of carbonyl (C=O) groups is 1. The Balaban J connectivity index is 1.34. The fourth-order valence-corrected chi connectivity index (χ4v) is 5.45. The van der Waals surface area contributed by atoms with Crippen LogP contribution in [0.3, 0.4) is 0 Å². The molecule has 10 heteroatoms. The zero-order valence-electron chi connectivity index (χ0n) is 21.7. The monoisotopic (exact) mass is 543 g/mol. The van der Waals surface area contributed by atoms with Crippen LogP contribution in [0.1, 0.15) is 27.9 Å². The van der Waals surface area contributed by atoms with Gasteiger partial charge in [-0.05, 0) is 61.7 Å². The van der Waals surface area contributed by atoms with Gasteiger partial charge in [-0.1, -0.05) is 42.0 Å². The third kappa shape index (κ3) is 6.24. The lowest BCUT2D eigenvalue weighted by molar-refractivity contribution is 0.0921. The van der Waals surface area contributed by atoms with Gasteiger partial charge in [-0.3, -0.25) is 4.79 Å². The first kappa shape index (κ1) is 26.3. The van der Waals surface area contributed by atoms with E-state index in [1.807, 2.05) is 56.3 Å². The van der Waals surface area contributed by atoms with Crippen molar-refractivity contribution >= 4 is 33.3 Å². The third-order valence-corrected chi connectivity index (χ3v) is 7.80. The summed E-state index contributed by atoms with van der Waals surface area (Å²) in [5.41, 5.74) is 4.91. The number of carbonyl (C=O) groups excluding carboxylic acids is 1. The Kier molecular flexibility index (Phi) is 7.58. The van der Waals surface area contributed by atoms with Gasteiger partial charge < -0.3 is 15.4 Å². The van der Waals surface area contributed by atoms with Crippen LogP contribution >= 0.6 is 0 Å². The number of rotatable bonds is 5. The Morgan fingerprint density at radius 2 is 1.82 bits per heavy atom. The second-order valence-corrected chi connectivity index (χ2v) is 11.1. The largest absolute Gasteiger partial charge is 0.485 e. The number of hydrogen-bond acceptors (Lipinski definition) is 8. The van der Waals surface area contributed by atoms with Crippen LogP contribution in [0.15, 0.2) is 77.8 Å². The van der Waals surface area contributed by atoms with E-state index in [2.05, 4.69) is 25.3 Å². The zero-order valence-corrected chi connectivity index (χ0v) is 22.5. The SMILES string of the molecule is Cc1ccc(C(=O)COc2ccc(-c3cnc4nc3NCCCNS(=O)(=O)c3cccc(c3)N4)cc2)c(C)c1. The molecule has 4 aromatic rings. The third-order valence-electron chi connectivity index (χ3n) is 6.34. The van der Waals surface area contributed by atoms with Crippen LogP contribution in [0.4, 0.5) is 17.5 Å². The highest BCUT2D eigenvalue weighted by atomic mass is 32.2. The summed E-state index contributed by atoms with van der Waals surface area (Å²) < 4.78 is 33.6. The molecule has 1 aliphatic heterocycles. The van der Waals surface area contributed by atoms with Crippen molar-refractivity contribution in [3.63, 3.8) is 0 Å². The average molecular weight is 544 g/mol. The van der Waals surface area contributed by atoms with E-state index in [0.717, 1.165) is 22.3 Å². The van der Waals surface area contributed by atoms with E-state index < -0.39 is 10.0 Å². The van der Waals surface area contributed by atoms with E-state index in [4.69, 9.17) is 4.74 Å². The molecule has 5 rings (SSSR count). The van der Waals surface area contributed by atoms with E-state index in [9.17, 15) is 13.2 Å². The maximum Gasteiger partial charge on any atom is 0.240 e. The molecule has 0 fully saturated rings. The highest BCUT2D eigenvalue weighted by Crippen LogP contribution is 2.29. The van der Waals surface area contributed by atoms with Gasteiger partial charge in [-0.15, -0.1) is 0 Å². The molecular weight excluding hydrogens is 514 g/mol. The summed E-state index contributed by atoms with van der Waals surface area (Å²) in [6, 6.07) is 19.7. The van der Waals surface area contributed by atoms with Crippen LogP contribution in [0.2, 0.25) is 0 Å². The van der Waals surface area contributed by atoms with Gasteiger partial charge in [0, 0.05) is 36.1 Å². The number of aromatic nitrogens is 2. The highest BCUT2D eigenvalue weighted by Gasteiger charge is 2.16. The summed E-state index contributed by atoms with van der Waals surface area (Å²) in [6.07, 6.45) is 2.28. The summed E-state index contributed by atoms with van der Waals surface area (Å²) >= 11 is 0. The lowest BCUT2D eigenvalue weighted by atomic mass is 10.0. The van der Waals surface area contributed by atoms with Crippen molar-refractivity contribution < 1.29 is 17.9 Å². The summed E-state index contributed by atoms with van der Waals surface area (Å²) in [6.45, 7) is 4.66. The Hall–Kier alpha value is -4.28. The van der Waals surface area contributed by atoms with Crippen LogP contribution in [0, 0.1) is 13.8 Å². The summed E-state index contributed by atoms with van der Waals surface area (Å²) in [7, 11) is -3.61. The number of nitrogens with zero attached hydrogens (tertiary/aromatic N) is 2. The van der Waals surface area contributed by atoms with Crippen LogP contribution in [-0.2, 0) is 10.0 Å². The number of fused-ring (bicyclic) bond motifs is 4. The summed E-state index contributed by atoms with van der Waals surface area (Å²) in [5.74, 6) is 1.46. The molecule has 9 nitrogen and oxygen atoms in total. The predicted octanol–water partition coefficient (Wildman–Crippen LogP) is 4.86. The van der Waals surface area contributed by atoms with Gasteiger partial charge in [0.1, 0.15) is 11.6 Å². The van der Waals surface area contributed by atoms with Crippen molar-refractivity contribution in [1.82, 2.24) is 14.7 Å². The minimum atomic E-state index is -3.61. The lowest BCUT2D eigenvalue weighted by Gasteiger charge is -2.14. The fraction of sp³-hybridized carbons (Fsp3) is 0.207. The van der Waals surface area contributed by atoms with Crippen LogP contribution in [0.5, 0.6) is 5.75 Å². The lowest BCUT2D eigenvalue weighted by Crippen LogP contribution is -2.26. The number of benzene rings is 3. The normalized spacial score (nSPS) is 14.5. The molecule has 0 unspecified atom stereocenters. The summed E-state index contributed by atoms with van der Waals surface area (Å²) in [5, 5.41) is 6.39. The van der Waals surface area contributed by atoms with Gasteiger partial charge in [0.15, 0.2) is 12.4 Å². The van der Waals surface area contributed by atoms with E-state index in [0.29, 0.717) is 41.7 Å². The molecule has 3 aromatic carbocycles. The van der Waals surface area contributed by atoms with Crippen molar-refractivity contribution in [3.8, 4) is 16.9 Å². The van der Waals surface area contributed by atoms with Gasteiger partial charge in [0.2, 0.25) is 16.0 Å². The first-order valence-electron chi connectivity index (χ1n) is 12.6. The van der Waals surface area contributed by atoms with Crippen molar-refractivity contribution in [2.45, 2.75) is 25.2 Å². The molecule has 39 heavy (non-hydrogen) atoms. The first-order valence-corrected chi connectivity index (χ1v) is 14.1. The molecule has 0 aliphatic carbocycles. The van der Waals surface area contributed by atoms with Crippen LogP contribution in [-0.4, -0.2) is 43.9 Å². The first-order chi connectivity index (χ1) is 18.8. The molecule has 0 saturated heterocycles. The van der Waals surface area contributed by atoms with Gasteiger partial charge in [0.05, 0.1) is 4.90 Å². The maximum atomic E-state index is 12.6. The molecule has 1 aromatic heterocycles. The van der Waals surface area contributed by atoms with Crippen molar-refractivity contribution in [1.29, 1.82) is 0 Å². The molecular formula is C29H29N5O4S. The Labute approximate surface area is 227 Å². The zero-order chi connectivity index (χ0) is 27.4. The minimum Gasteiger partial charge on any atom is -0.485 e. The molecule has 0 atom stereocenters. The van der Waals surface area contributed by atoms with Gasteiger partial charge in [-0.2, -0.15) is 4.98 Å². The molecule has 1 aliphatic rings. The maximum absolute atomic E-state index is 12.6. The molecule has 200 valence electrons. The fourth-order valence-electron chi connectivity index (χ4n) is 4.33. The van der Waals surface area contributed by atoms with Gasteiger partial charge in [-0.25, -0.2) is 18.1 Å². The topological polar surface area (TPSA) is 122 Å². The van der Waals surface area contributed by atoms with E-state index in [1.54, 1.807) is 30.5 Å². The van der Waals surface area contributed by atoms with Crippen molar-refractivity contribution in [2.24, 2.45) is 0 Å². The number of ketones is 1. The number of aryl methyl sites for hydroxylation is 2. The highest BCUT2D eigenvalue weighted by molar-refractivity contribution is 7.89. The molecule has 0 spiro atoms. The minimum absolute atomic E-state index is 0.0511. The van der Waals surface area contributed by atoms with E-state index >= 15 is 0 Å². The predicted molar refractivity (Wildman–Crippen MR) is 151 cm³/mol. The van der Waals surface area contributed by atoms with Crippen LogP contribution < -0.4 is 20.1 Å². The smallest absolute Gasteiger partial charge is 0.240 e. The van der Waals surface area contributed by atoms with E-state index in [1.165, 1.54) is 0 Å². The number of anilines is 3. The molecule has 2 heterocycles. The second-order valence-electron chi connectivity index (χ2n) is 9.34. The van der Waals surface area contributed by atoms with Crippen molar-refractivity contribution in [2.75, 3.05) is 30.3 Å². The molecule has 3 N–H and O–H groups in total. The van der Waals surface area contributed by atoms with Gasteiger partial charge >= 0.3 is 0 Å². The molecule has 0 radical (unpaired) electrons. The Morgan fingerprint density at radius 1 is 1.00 bits per heavy atom. The van der Waals surface area contributed by atoms with Gasteiger partial charge in [0.25, 0.3) is 0 Å².